The van der Waals surface area contributed by atoms with Crippen LogP contribution >= 0.6 is 11.6 Å². The first kappa shape index (κ1) is 19.6. The lowest BCUT2D eigenvalue weighted by atomic mass is 10.2. The van der Waals surface area contributed by atoms with Gasteiger partial charge < -0.3 is 10.1 Å². The molecule has 0 aliphatic rings. The van der Waals surface area contributed by atoms with E-state index in [-0.39, 0.29) is 10.6 Å². The first-order valence-electron chi connectivity index (χ1n) is 7.89. The van der Waals surface area contributed by atoms with Gasteiger partial charge in [0.2, 0.25) is 5.88 Å². The van der Waals surface area contributed by atoms with Crippen LogP contribution in [0.5, 0.6) is 5.88 Å². The van der Waals surface area contributed by atoms with Gasteiger partial charge in [0.05, 0.1) is 12.1 Å². The number of halogens is 4. The van der Waals surface area contributed by atoms with Crippen molar-refractivity contribution < 1.29 is 22.7 Å². The molecule has 7 nitrogen and oxygen atoms in total. The van der Waals surface area contributed by atoms with Gasteiger partial charge in [-0.1, -0.05) is 17.7 Å². The second kappa shape index (κ2) is 8.26. The minimum absolute atomic E-state index is 0.0474. The van der Waals surface area contributed by atoms with Gasteiger partial charge in [-0.2, -0.15) is 18.3 Å². The van der Waals surface area contributed by atoms with E-state index in [9.17, 15) is 18.0 Å². The van der Waals surface area contributed by atoms with Crippen LogP contribution < -0.4 is 10.1 Å². The fourth-order valence-corrected chi connectivity index (χ4v) is 2.41. The van der Waals surface area contributed by atoms with Crippen molar-refractivity contribution in [3.05, 3.63) is 65.2 Å². The number of hydrogen-bond acceptors (Lipinski definition) is 5. The maximum atomic E-state index is 12.3. The van der Waals surface area contributed by atoms with Gasteiger partial charge in [-0.3, -0.25) is 14.5 Å². The molecule has 0 spiro atoms. The lowest BCUT2D eigenvalue weighted by Crippen LogP contribution is -2.20. The zero-order valence-electron chi connectivity index (χ0n) is 14.2. The minimum Gasteiger partial charge on any atom is -0.467 e. The highest BCUT2D eigenvalue weighted by Gasteiger charge is 2.29. The SMILES string of the molecule is O=C(Nc1ccn(Cc2cccnc2)n1)c1cnc(OCC(F)(F)F)c(Cl)c1. The van der Waals surface area contributed by atoms with Crippen LogP contribution in [0.4, 0.5) is 19.0 Å². The molecule has 0 saturated heterocycles. The summed E-state index contributed by atoms with van der Waals surface area (Å²) in [5, 5.41) is 6.57. The second-order valence-electron chi connectivity index (χ2n) is 5.63. The van der Waals surface area contributed by atoms with Gasteiger partial charge in [0.15, 0.2) is 12.4 Å². The third kappa shape index (κ3) is 5.43. The highest BCUT2D eigenvalue weighted by molar-refractivity contribution is 6.32. The van der Waals surface area contributed by atoms with Crippen molar-refractivity contribution in [3.8, 4) is 5.88 Å². The third-order valence-electron chi connectivity index (χ3n) is 3.39. The summed E-state index contributed by atoms with van der Waals surface area (Å²) in [6, 6.07) is 6.47. The zero-order chi connectivity index (χ0) is 20.1. The Kier molecular flexibility index (Phi) is 5.78. The van der Waals surface area contributed by atoms with Crippen LogP contribution in [0.3, 0.4) is 0 Å². The van der Waals surface area contributed by atoms with Crippen LogP contribution in [0.15, 0.2) is 49.1 Å². The number of carbonyl (C=O) groups excluding carboxylic acids is 1. The normalized spacial score (nSPS) is 11.3. The van der Waals surface area contributed by atoms with Crippen LogP contribution in [0.1, 0.15) is 15.9 Å². The Hall–Kier alpha value is -3.14. The Morgan fingerprint density at radius 3 is 2.79 bits per heavy atom. The fraction of sp³-hybridized carbons (Fsp3) is 0.176. The zero-order valence-corrected chi connectivity index (χ0v) is 14.9. The molecule has 0 bridgehead atoms. The van der Waals surface area contributed by atoms with Crippen molar-refractivity contribution in [2.75, 3.05) is 11.9 Å². The molecule has 1 N–H and O–H groups in total. The van der Waals surface area contributed by atoms with Gasteiger partial charge in [0.25, 0.3) is 5.91 Å². The highest BCUT2D eigenvalue weighted by atomic mass is 35.5. The summed E-state index contributed by atoms with van der Waals surface area (Å²) < 4.78 is 42.7. The van der Waals surface area contributed by atoms with Crippen molar-refractivity contribution in [1.29, 1.82) is 0 Å². The smallest absolute Gasteiger partial charge is 0.422 e. The summed E-state index contributed by atoms with van der Waals surface area (Å²) in [6.07, 6.45) is 1.60. The van der Waals surface area contributed by atoms with Gasteiger partial charge in [-0.25, -0.2) is 4.98 Å². The predicted molar refractivity (Wildman–Crippen MR) is 94.3 cm³/mol. The number of carbonyl (C=O) groups is 1. The van der Waals surface area contributed by atoms with E-state index in [1.807, 2.05) is 6.07 Å². The van der Waals surface area contributed by atoms with Crippen molar-refractivity contribution in [2.45, 2.75) is 12.7 Å². The molecular formula is C17H13ClF3N5O2. The van der Waals surface area contributed by atoms with Gasteiger partial charge in [0.1, 0.15) is 5.02 Å². The second-order valence-corrected chi connectivity index (χ2v) is 6.04. The molecule has 3 rings (SSSR count). The molecule has 0 aliphatic carbocycles. The van der Waals surface area contributed by atoms with Crippen LogP contribution in [0.2, 0.25) is 5.02 Å². The van der Waals surface area contributed by atoms with Crippen LogP contribution in [0, 0.1) is 0 Å². The van der Waals surface area contributed by atoms with Crippen molar-refractivity contribution >= 4 is 23.3 Å². The van der Waals surface area contributed by atoms with Crippen LogP contribution in [-0.4, -0.2) is 38.4 Å². The molecule has 28 heavy (non-hydrogen) atoms. The number of rotatable bonds is 6. The topological polar surface area (TPSA) is 81.9 Å². The fourth-order valence-electron chi connectivity index (χ4n) is 2.19. The minimum atomic E-state index is -4.52. The average Bonchev–Trinajstić information content (AvgIpc) is 3.07. The molecule has 0 radical (unpaired) electrons. The molecule has 3 aromatic heterocycles. The molecule has 0 saturated carbocycles. The number of alkyl halides is 3. The molecular weight excluding hydrogens is 399 g/mol. The van der Waals surface area contributed by atoms with Crippen molar-refractivity contribution in [2.24, 2.45) is 0 Å². The van der Waals surface area contributed by atoms with E-state index in [4.69, 9.17) is 11.6 Å². The third-order valence-corrected chi connectivity index (χ3v) is 3.66. The monoisotopic (exact) mass is 411 g/mol. The summed E-state index contributed by atoms with van der Waals surface area (Å²) in [5.74, 6) is -0.679. The Bertz CT molecular complexity index is 963. The van der Waals surface area contributed by atoms with E-state index in [0.717, 1.165) is 11.8 Å². The standard InChI is InChI=1S/C17H13ClF3N5O2/c18-13-6-12(8-23-16(13)28-10-17(19,20)21)15(27)24-14-3-5-26(25-14)9-11-2-1-4-22-7-11/h1-8H,9-10H2,(H,24,25,27). The number of anilines is 1. The van der Waals surface area contributed by atoms with Crippen LogP contribution in [-0.2, 0) is 6.54 Å². The number of hydrogen-bond donors (Lipinski definition) is 1. The van der Waals surface area contributed by atoms with Crippen molar-refractivity contribution in [1.82, 2.24) is 19.7 Å². The van der Waals surface area contributed by atoms with E-state index in [2.05, 4.69) is 25.1 Å². The highest BCUT2D eigenvalue weighted by Crippen LogP contribution is 2.25. The molecule has 0 fully saturated rings. The Labute approximate surface area is 162 Å². The molecule has 0 atom stereocenters. The van der Waals surface area contributed by atoms with E-state index in [1.165, 1.54) is 6.07 Å². The first-order chi connectivity index (χ1) is 13.3. The average molecular weight is 412 g/mol. The van der Waals surface area contributed by atoms with E-state index >= 15 is 0 Å². The van der Waals surface area contributed by atoms with E-state index in [0.29, 0.717) is 12.4 Å². The van der Waals surface area contributed by atoms with Crippen LogP contribution in [0.25, 0.3) is 0 Å². The first-order valence-corrected chi connectivity index (χ1v) is 8.27. The number of nitrogens with one attached hydrogen (secondary N) is 1. The Balaban J connectivity index is 1.62. The molecule has 3 aromatic rings. The summed E-state index contributed by atoms with van der Waals surface area (Å²) >= 11 is 5.84. The van der Waals surface area contributed by atoms with Gasteiger partial charge >= 0.3 is 6.18 Å². The maximum absolute atomic E-state index is 12.3. The van der Waals surface area contributed by atoms with E-state index in [1.54, 1.807) is 35.4 Å². The number of ether oxygens (including phenoxy) is 1. The molecule has 3 heterocycles. The summed E-state index contributed by atoms with van der Waals surface area (Å²) in [6.45, 7) is -1.05. The molecule has 146 valence electrons. The Morgan fingerprint density at radius 1 is 1.29 bits per heavy atom. The largest absolute Gasteiger partial charge is 0.467 e. The number of amides is 1. The molecule has 11 heteroatoms. The number of pyridine rings is 2. The van der Waals surface area contributed by atoms with Crippen molar-refractivity contribution in [3.63, 3.8) is 0 Å². The molecule has 0 aliphatic heterocycles. The molecule has 0 aromatic carbocycles. The maximum Gasteiger partial charge on any atom is 0.422 e. The summed E-state index contributed by atoms with van der Waals surface area (Å²) in [7, 11) is 0. The summed E-state index contributed by atoms with van der Waals surface area (Å²) in [5.41, 5.74) is 0.986. The molecule has 1 amide bonds. The number of nitrogens with zero attached hydrogens (tertiary/aromatic N) is 4. The molecule has 0 unspecified atom stereocenters. The summed E-state index contributed by atoms with van der Waals surface area (Å²) in [4.78, 5) is 19.9. The van der Waals surface area contributed by atoms with E-state index < -0.39 is 24.6 Å². The van der Waals surface area contributed by atoms with Gasteiger partial charge in [-0.05, 0) is 17.7 Å². The lowest BCUT2D eigenvalue weighted by Gasteiger charge is -2.10. The number of aromatic nitrogens is 4. The van der Waals surface area contributed by atoms with Gasteiger partial charge in [0, 0.05) is 30.9 Å². The van der Waals surface area contributed by atoms with Gasteiger partial charge in [-0.15, -0.1) is 0 Å². The quantitative estimate of drug-likeness (QED) is 0.670. The predicted octanol–water partition coefficient (Wildman–Crippen LogP) is 3.57. The lowest BCUT2D eigenvalue weighted by molar-refractivity contribution is -0.154. The Morgan fingerprint density at radius 2 is 2.11 bits per heavy atom.